The molecule has 19 heavy (non-hydrogen) atoms. The number of amides is 1. The number of benzene rings is 2. The summed E-state index contributed by atoms with van der Waals surface area (Å²) in [5.41, 5.74) is 3.12. The van der Waals surface area contributed by atoms with E-state index in [9.17, 15) is 4.79 Å². The van der Waals surface area contributed by atoms with Gasteiger partial charge in [-0.3, -0.25) is 4.79 Å². The maximum atomic E-state index is 12.1. The van der Waals surface area contributed by atoms with Crippen molar-refractivity contribution in [2.75, 3.05) is 5.32 Å². The molecule has 2 nitrogen and oxygen atoms in total. The van der Waals surface area contributed by atoms with Gasteiger partial charge in [-0.2, -0.15) is 0 Å². The molecule has 2 aromatic carbocycles. The Hall–Kier alpha value is -1.51. The highest BCUT2D eigenvalue weighted by atomic mass is 35.5. The minimum absolute atomic E-state index is 0.195. The van der Waals surface area contributed by atoms with Gasteiger partial charge >= 0.3 is 0 Å². The van der Waals surface area contributed by atoms with Gasteiger partial charge in [-0.05, 0) is 42.3 Å². The third-order valence-electron chi connectivity index (χ3n) is 2.71. The predicted octanol–water partition coefficient (Wildman–Crippen LogP) is 4.64. The monoisotopic (exact) mass is 293 g/mol. The van der Waals surface area contributed by atoms with E-state index >= 15 is 0 Å². The standard InChI is InChI=1S/C15H13Cl2NO/c1-10-5-6-13(17)14(7-10)18-15(19)12-4-2-3-11(8-12)9-16/h2-8H,9H2,1H3,(H,18,19). The third-order valence-corrected chi connectivity index (χ3v) is 3.35. The maximum absolute atomic E-state index is 12.1. The van der Waals surface area contributed by atoms with Crippen LogP contribution in [0.15, 0.2) is 42.5 Å². The van der Waals surface area contributed by atoms with E-state index in [4.69, 9.17) is 23.2 Å². The summed E-state index contributed by atoms with van der Waals surface area (Å²) in [6, 6.07) is 12.7. The number of hydrogen-bond acceptors (Lipinski definition) is 1. The SMILES string of the molecule is Cc1ccc(Cl)c(NC(=O)c2cccc(CCl)c2)c1. The number of carbonyl (C=O) groups excluding carboxylic acids is 1. The van der Waals surface area contributed by atoms with Gasteiger partial charge in [0.1, 0.15) is 0 Å². The lowest BCUT2D eigenvalue weighted by atomic mass is 10.1. The molecule has 0 heterocycles. The van der Waals surface area contributed by atoms with Crippen LogP contribution < -0.4 is 5.32 Å². The molecule has 98 valence electrons. The molecule has 1 N–H and O–H groups in total. The fourth-order valence-electron chi connectivity index (χ4n) is 1.73. The molecule has 0 aromatic heterocycles. The van der Waals surface area contributed by atoms with Gasteiger partial charge in [0.25, 0.3) is 5.91 Å². The van der Waals surface area contributed by atoms with Gasteiger partial charge in [0.05, 0.1) is 10.7 Å². The van der Waals surface area contributed by atoms with Crippen LogP contribution >= 0.6 is 23.2 Å². The number of aryl methyl sites for hydroxylation is 1. The van der Waals surface area contributed by atoms with E-state index in [1.54, 1.807) is 18.2 Å². The molecular weight excluding hydrogens is 281 g/mol. The first-order valence-electron chi connectivity index (χ1n) is 5.82. The van der Waals surface area contributed by atoms with Crippen molar-refractivity contribution < 1.29 is 4.79 Å². The molecule has 2 aromatic rings. The molecule has 2 rings (SSSR count). The number of carbonyl (C=O) groups is 1. The third kappa shape index (κ3) is 3.49. The maximum Gasteiger partial charge on any atom is 0.255 e. The van der Waals surface area contributed by atoms with E-state index in [2.05, 4.69) is 5.32 Å². The highest BCUT2D eigenvalue weighted by Gasteiger charge is 2.09. The Kier molecular flexibility index (Phi) is 4.46. The quantitative estimate of drug-likeness (QED) is 0.821. The average molecular weight is 294 g/mol. The summed E-state index contributed by atoms with van der Waals surface area (Å²) in [4.78, 5) is 12.1. The second-order valence-corrected chi connectivity index (χ2v) is 4.95. The number of rotatable bonds is 3. The van der Waals surface area contributed by atoms with Crippen molar-refractivity contribution in [1.82, 2.24) is 0 Å². The number of halogens is 2. The molecule has 0 aliphatic heterocycles. The summed E-state index contributed by atoms with van der Waals surface area (Å²) < 4.78 is 0. The summed E-state index contributed by atoms with van der Waals surface area (Å²) in [6.07, 6.45) is 0. The van der Waals surface area contributed by atoms with Crippen molar-refractivity contribution in [3.05, 3.63) is 64.2 Å². The molecule has 0 spiro atoms. The van der Waals surface area contributed by atoms with Gasteiger partial charge in [-0.15, -0.1) is 11.6 Å². The fraction of sp³-hybridized carbons (Fsp3) is 0.133. The molecule has 0 aliphatic rings. The van der Waals surface area contributed by atoms with Gasteiger partial charge in [-0.1, -0.05) is 29.8 Å². The Morgan fingerprint density at radius 2 is 2.00 bits per heavy atom. The van der Waals surface area contributed by atoms with E-state index in [1.165, 1.54) is 0 Å². The first-order valence-corrected chi connectivity index (χ1v) is 6.74. The van der Waals surface area contributed by atoms with Crippen molar-refractivity contribution in [3.8, 4) is 0 Å². The molecule has 0 bridgehead atoms. The van der Waals surface area contributed by atoms with Crippen LogP contribution in [0.2, 0.25) is 5.02 Å². The molecule has 1 amide bonds. The first kappa shape index (κ1) is 13.9. The van der Waals surface area contributed by atoms with Crippen molar-refractivity contribution >= 4 is 34.8 Å². The van der Waals surface area contributed by atoms with E-state index in [-0.39, 0.29) is 5.91 Å². The van der Waals surface area contributed by atoms with Gasteiger partial charge in [0.15, 0.2) is 0 Å². The van der Waals surface area contributed by atoms with Crippen LogP contribution in [0.1, 0.15) is 21.5 Å². The second kappa shape index (κ2) is 6.09. The largest absolute Gasteiger partial charge is 0.321 e. The van der Waals surface area contributed by atoms with Crippen LogP contribution in [-0.2, 0) is 5.88 Å². The fourth-order valence-corrected chi connectivity index (χ4v) is 2.06. The minimum atomic E-state index is -0.195. The lowest BCUT2D eigenvalue weighted by molar-refractivity contribution is 0.102. The van der Waals surface area contributed by atoms with E-state index < -0.39 is 0 Å². The Bertz CT molecular complexity index is 611. The lowest BCUT2D eigenvalue weighted by Crippen LogP contribution is -2.12. The van der Waals surface area contributed by atoms with E-state index in [1.807, 2.05) is 31.2 Å². The zero-order valence-electron chi connectivity index (χ0n) is 10.4. The Morgan fingerprint density at radius 1 is 1.21 bits per heavy atom. The van der Waals surface area contributed by atoms with Crippen molar-refractivity contribution in [3.63, 3.8) is 0 Å². The summed E-state index contributed by atoms with van der Waals surface area (Å²) in [5, 5.41) is 3.33. The minimum Gasteiger partial charge on any atom is -0.321 e. The van der Waals surface area contributed by atoms with Crippen LogP contribution in [0.3, 0.4) is 0 Å². The molecule has 4 heteroatoms. The summed E-state index contributed by atoms with van der Waals surface area (Å²) in [7, 11) is 0. The molecule has 0 unspecified atom stereocenters. The number of alkyl halides is 1. The average Bonchev–Trinajstić information content (AvgIpc) is 2.43. The molecule has 0 atom stereocenters. The zero-order valence-corrected chi connectivity index (χ0v) is 11.9. The topological polar surface area (TPSA) is 29.1 Å². The molecule has 0 saturated heterocycles. The van der Waals surface area contributed by atoms with Crippen molar-refractivity contribution in [2.45, 2.75) is 12.8 Å². The van der Waals surface area contributed by atoms with Gasteiger partial charge in [0, 0.05) is 11.4 Å². The summed E-state index contributed by atoms with van der Waals surface area (Å²) in [6.45, 7) is 1.94. The van der Waals surface area contributed by atoms with E-state index in [0.29, 0.717) is 22.2 Å². The smallest absolute Gasteiger partial charge is 0.255 e. The normalized spacial score (nSPS) is 10.3. The van der Waals surface area contributed by atoms with Gasteiger partial charge in [-0.25, -0.2) is 0 Å². The molecule has 0 radical (unpaired) electrons. The van der Waals surface area contributed by atoms with Crippen molar-refractivity contribution in [1.29, 1.82) is 0 Å². The number of nitrogens with one attached hydrogen (secondary N) is 1. The highest BCUT2D eigenvalue weighted by molar-refractivity contribution is 6.34. The molecular formula is C15H13Cl2NO. The van der Waals surface area contributed by atoms with Crippen LogP contribution in [0.4, 0.5) is 5.69 Å². The number of hydrogen-bond donors (Lipinski definition) is 1. The van der Waals surface area contributed by atoms with E-state index in [0.717, 1.165) is 11.1 Å². The number of anilines is 1. The van der Waals surface area contributed by atoms with Gasteiger partial charge < -0.3 is 5.32 Å². The zero-order chi connectivity index (χ0) is 13.8. The van der Waals surface area contributed by atoms with Crippen molar-refractivity contribution in [2.24, 2.45) is 0 Å². The highest BCUT2D eigenvalue weighted by Crippen LogP contribution is 2.23. The Morgan fingerprint density at radius 3 is 2.74 bits per heavy atom. The molecule has 0 aliphatic carbocycles. The second-order valence-electron chi connectivity index (χ2n) is 4.27. The molecule has 0 fully saturated rings. The van der Waals surface area contributed by atoms with Gasteiger partial charge in [0.2, 0.25) is 0 Å². The van der Waals surface area contributed by atoms with Crippen LogP contribution in [0.5, 0.6) is 0 Å². The first-order chi connectivity index (χ1) is 9.10. The lowest BCUT2D eigenvalue weighted by Gasteiger charge is -2.08. The van der Waals surface area contributed by atoms with Crippen LogP contribution in [0, 0.1) is 6.92 Å². The Balaban J connectivity index is 2.22. The summed E-state index contributed by atoms with van der Waals surface area (Å²) >= 11 is 11.8. The predicted molar refractivity (Wildman–Crippen MR) is 80.1 cm³/mol. The summed E-state index contributed by atoms with van der Waals surface area (Å²) in [5.74, 6) is 0.186. The van der Waals surface area contributed by atoms with Crippen LogP contribution in [0.25, 0.3) is 0 Å². The Labute approximate surface area is 122 Å². The van der Waals surface area contributed by atoms with Crippen LogP contribution in [-0.4, -0.2) is 5.91 Å². The molecule has 0 saturated carbocycles.